The summed E-state index contributed by atoms with van der Waals surface area (Å²) in [6.45, 7) is 3.16. The number of rotatable bonds is 5. The van der Waals surface area contributed by atoms with E-state index in [1.807, 2.05) is 19.1 Å². The number of ether oxygens (including phenoxy) is 1. The molecule has 7 rings (SSSR count). The maximum Gasteiger partial charge on any atom is 0.275 e. The number of nitrogens with zero attached hydrogens (tertiary/aromatic N) is 5. The minimum Gasteiger partial charge on any atom is -0.493 e. The zero-order valence-electron chi connectivity index (χ0n) is 20.3. The summed E-state index contributed by atoms with van der Waals surface area (Å²) in [5.74, 6) is 0.584. The van der Waals surface area contributed by atoms with Gasteiger partial charge in [0.25, 0.3) is 5.91 Å². The van der Waals surface area contributed by atoms with Gasteiger partial charge in [-0.05, 0) is 38.0 Å². The van der Waals surface area contributed by atoms with E-state index >= 15 is 0 Å². The summed E-state index contributed by atoms with van der Waals surface area (Å²) >= 11 is 0. The van der Waals surface area contributed by atoms with Crippen LogP contribution in [-0.2, 0) is 19.5 Å². The fourth-order valence-corrected chi connectivity index (χ4v) is 5.34. The summed E-state index contributed by atoms with van der Waals surface area (Å²) in [7, 11) is 0. The third-order valence-electron chi connectivity index (χ3n) is 7.48. The van der Waals surface area contributed by atoms with Crippen LogP contribution in [0.15, 0.2) is 36.8 Å². The lowest BCUT2D eigenvalue weighted by Crippen LogP contribution is -2.39. The molecule has 0 atom stereocenters. The Morgan fingerprint density at radius 2 is 2.05 bits per heavy atom. The van der Waals surface area contributed by atoms with Crippen LogP contribution in [0.25, 0.3) is 16.6 Å². The molecule has 2 N–H and O–H groups in total. The first kappa shape index (κ1) is 22.2. The molecule has 3 aliphatic rings. The van der Waals surface area contributed by atoms with E-state index in [2.05, 4.69) is 15.3 Å². The molecule has 10 heteroatoms. The molecule has 37 heavy (non-hydrogen) atoms. The summed E-state index contributed by atoms with van der Waals surface area (Å²) in [4.78, 5) is 29.2. The monoisotopic (exact) mass is 500 g/mol. The van der Waals surface area contributed by atoms with E-state index in [0.29, 0.717) is 48.6 Å². The number of carbonyl (C=O) groups excluding carboxylic acids is 1. The van der Waals surface area contributed by atoms with E-state index < -0.39 is 5.60 Å². The summed E-state index contributed by atoms with van der Waals surface area (Å²) < 4.78 is 22.0. The zero-order valence-corrected chi connectivity index (χ0v) is 20.3. The maximum atomic E-state index is 14.7. The van der Waals surface area contributed by atoms with Crippen LogP contribution in [0.1, 0.15) is 45.8 Å². The van der Waals surface area contributed by atoms with Crippen molar-refractivity contribution in [1.29, 1.82) is 0 Å². The molecule has 0 unspecified atom stereocenters. The van der Waals surface area contributed by atoms with Crippen molar-refractivity contribution in [3.05, 3.63) is 70.8 Å². The Kier molecular flexibility index (Phi) is 4.78. The number of aryl methyl sites for hydroxylation is 1. The third kappa shape index (κ3) is 3.62. The number of imidazole rings is 1. The van der Waals surface area contributed by atoms with Crippen LogP contribution in [-0.4, -0.2) is 54.0 Å². The molecule has 0 spiro atoms. The first-order valence-corrected chi connectivity index (χ1v) is 12.4. The Hall–Kier alpha value is -4.05. The van der Waals surface area contributed by atoms with Crippen molar-refractivity contribution >= 4 is 17.4 Å². The second-order valence-electron chi connectivity index (χ2n) is 10.1. The highest BCUT2D eigenvalue weighted by atomic mass is 19.1. The SMILES string of the molecule is Cc1ccc2c(n1)CN(CC1(O)CC1)C(=O)c1ncn3c(NCc4c(F)ccc5c4CCO5)ncc-2c13. The molecule has 4 aromatic rings. The third-order valence-corrected chi connectivity index (χ3v) is 7.48. The van der Waals surface area contributed by atoms with Crippen LogP contribution in [0.4, 0.5) is 10.3 Å². The molecule has 1 aliphatic carbocycles. The average Bonchev–Trinajstić information content (AvgIpc) is 3.25. The van der Waals surface area contributed by atoms with Gasteiger partial charge < -0.3 is 20.1 Å². The number of benzene rings is 1. The van der Waals surface area contributed by atoms with Gasteiger partial charge in [-0.3, -0.25) is 14.2 Å². The number of β-amino-alcohol motifs (C(OH)–C–C–N with tert-alkyl or cyclic N) is 1. The standard InChI is InChI=1S/C27H25FN6O3/c1-15-2-3-16-19-11-30-26(29-10-18-17-6-9-37-22(17)5-4-20(18)28)34-14-31-23(24(19)34)25(35)33(12-21(16)32-15)13-27(36)7-8-27/h2-5,11,14,36H,6-10,12-13H2,1H3,(H,29,30). The number of pyridine rings is 1. The van der Waals surface area contributed by atoms with E-state index in [1.165, 1.54) is 6.07 Å². The Labute approximate surface area is 211 Å². The predicted molar refractivity (Wildman–Crippen MR) is 133 cm³/mol. The van der Waals surface area contributed by atoms with Crippen LogP contribution in [0.3, 0.4) is 0 Å². The van der Waals surface area contributed by atoms with Crippen LogP contribution in [0.2, 0.25) is 0 Å². The number of amides is 1. The highest BCUT2D eigenvalue weighted by Gasteiger charge is 2.44. The highest BCUT2D eigenvalue weighted by Crippen LogP contribution is 2.39. The topological polar surface area (TPSA) is 105 Å². The first-order chi connectivity index (χ1) is 17.9. The minimum atomic E-state index is -0.852. The second-order valence-corrected chi connectivity index (χ2v) is 10.1. The van der Waals surface area contributed by atoms with E-state index in [1.54, 1.807) is 27.9 Å². The van der Waals surface area contributed by atoms with Crippen molar-refractivity contribution in [3.63, 3.8) is 0 Å². The Morgan fingerprint density at radius 3 is 2.89 bits per heavy atom. The van der Waals surface area contributed by atoms with Crippen molar-refractivity contribution in [3.8, 4) is 16.9 Å². The highest BCUT2D eigenvalue weighted by molar-refractivity contribution is 6.04. The number of anilines is 1. The molecule has 2 aliphatic heterocycles. The van der Waals surface area contributed by atoms with Crippen molar-refractivity contribution in [1.82, 2.24) is 24.3 Å². The number of hydrogen-bond donors (Lipinski definition) is 2. The van der Waals surface area contributed by atoms with Crippen molar-refractivity contribution < 1.29 is 19.0 Å². The smallest absolute Gasteiger partial charge is 0.275 e. The van der Waals surface area contributed by atoms with Gasteiger partial charge >= 0.3 is 0 Å². The van der Waals surface area contributed by atoms with Gasteiger partial charge in [0.2, 0.25) is 5.95 Å². The van der Waals surface area contributed by atoms with Gasteiger partial charge in [-0.2, -0.15) is 0 Å². The summed E-state index contributed by atoms with van der Waals surface area (Å²) in [5.41, 5.74) is 4.64. The van der Waals surface area contributed by atoms with Gasteiger partial charge in [0.1, 0.15) is 17.9 Å². The molecule has 9 nitrogen and oxygen atoms in total. The molecule has 3 aromatic heterocycles. The van der Waals surface area contributed by atoms with Gasteiger partial charge in [-0.15, -0.1) is 0 Å². The lowest BCUT2D eigenvalue weighted by Gasteiger charge is -2.27. The molecule has 0 saturated heterocycles. The molecule has 0 radical (unpaired) electrons. The van der Waals surface area contributed by atoms with Crippen LogP contribution >= 0.6 is 0 Å². The average molecular weight is 501 g/mol. The number of fused-ring (bicyclic) bond motifs is 3. The summed E-state index contributed by atoms with van der Waals surface area (Å²) in [5, 5.41) is 13.9. The minimum absolute atomic E-state index is 0.206. The number of nitrogens with one attached hydrogen (secondary N) is 1. The van der Waals surface area contributed by atoms with Gasteiger partial charge in [0.05, 0.1) is 36.5 Å². The van der Waals surface area contributed by atoms with Crippen LogP contribution < -0.4 is 10.1 Å². The first-order valence-electron chi connectivity index (χ1n) is 12.4. The lowest BCUT2D eigenvalue weighted by molar-refractivity contribution is 0.0541. The Morgan fingerprint density at radius 1 is 1.19 bits per heavy atom. The van der Waals surface area contributed by atoms with Crippen LogP contribution in [0.5, 0.6) is 5.75 Å². The van der Waals surface area contributed by atoms with Gasteiger partial charge in [-0.25, -0.2) is 14.4 Å². The number of hydrogen-bond acceptors (Lipinski definition) is 7. The number of halogens is 1. The van der Waals surface area contributed by atoms with E-state index in [0.717, 1.165) is 28.1 Å². The fourth-order valence-electron chi connectivity index (χ4n) is 5.34. The number of aliphatic hydroxyl groups is 1. The summed E-state index contributed by atoms with van der Waals surface area (Å²) in [6, 6.07) is 7.00. The molecule has 1 aromatic carbocycles. The molecular weight excluding hydrogens is 475 g/mol. The normalized spacial score (nSPS) is 17.2. The van der Waals surface area contributed by atoms with Crippen molar-refractivity contribution in [2.75, 3.05) is 18.5 Å². The van der Waals surface area contributed by atoms with E-state index in [-0.39, 0.29) is 37.1 Å². The molecule has 1 fully saturated rings. The zero-order chi connectivity index (χ0) is 25.3. The molecule has 188 valence electrons. The maximum absolute atomic E-state index is 14.7. The molecular formula is C27H25FN6O3. The Balaban J connectivity index is 1.33. The number of carbonyl (C=O) groups is 1. The molecule has 1 amide bonds. The van der Waals surface area contributed by atoms with E-state index in [9.17, 15) is 14.3 Å². The Bertz CT molecular complexity index is 1600. The van der Waals surface area contributed by atoms with E-state index in [4.69, 9.17) is 9.72 Å². The fraction of sp³-hybridized carbons (Fsp3) is 0.333. The lowest BCUT2D eigenvalue weighted by atomic mass is 10.0. The molecule has 5 heterocycles. The summed E-state index contributed by atoms with van der Waals surface area (Å²) in [6.07, 6.45) is 5.27. The largest absolute Gasteiger partial charge is 0.493 e. The van der Waals surface area contributed by atoms with Gasteiger partial charge in [0, 0.05) is 47.1 Å². The van der Waals surface area contributed by atoms with Crippen LogP contribution in [0, 0.1) is 12.7 Å². The van der Waals surface area contributed by atoms with Gasteiger partial charge in [-0.1, -0.05) is 6.07 Å². The molecule has 1 saturated carbocycles. The quantitative estimate of drug-likeness (QED) is 0.433. The van der Waals surface area contributed by atoms with Crippen molar-refractivity contribution in [2.45, 2.75) is 44.9 Å². The number of aromatic nitrogens is 4. The van der Waals surface area contributed by atoms with Gasteiger partial charge in [0.15, 0.2) is 5.69 Å². The second kappa shape index (κ2) is 7.97. The van der Waals surface area contributed by atoms with Crippen molar-refractivity contribution in [2.24, 2.45) is 0 Å². The predicted octanol–water partition coefficient (Wildman–Crippen LogP) is 3.27. The molecule has 0 bridgehead atoms.